The summed E-state index contributed by atoms with van der Waals surface area (Å²) in [5.41, 5.74) is 3.60. The Balaban J connectivity index is 1.85. The van der Waals surface area contributed by atoms with Crippen LogP contribution < -0.4 is 9.47 Å². The van der Waals surface area contributed by atoms with Gasteiger partial charge < -0.3 is 19.2 Å². The standard InChI is InChI=1S/C19H17N3O4/c1-3-24-19(23)18-21-16(12-7-8-14-15(9-12)26-10-25-14)17(22-18)13-6-4-5-11(2)20-13/h4-9H,3,10H2,1-2H3,(H,21,22). The lowest BCUT2D eigenvalue weighted by Crippen LogP contribution is -2.06. The molecule has 3 aromatic rings. The van der Waals surface area contributed by atoms with Gasteiger partial charge in [0.1, 0.15) is 0 Å². The predicted octanol–water partition coefficient (Wildman–Crippen LogP) is 3.35. The number of nitrogens with one attached hydrogen (secondary N) is 1. The lowest BCUT2D eigenvalue weighted by Gasteiger charge is -2.04. The molecule has 0 saturated carbocycles. The van der Waals surface area contributed by atoms with E-state index in [2.05, 4.69) is 15.0 Å². The summed E-state index contributed by atoms with van der Waals surface area (Å²) in [5, 5.41) is 0. The molecule has 0 amide bonds. The Bertz CT molecular complexity index is 981. The van der Waals surface area contributed by atoms with Gasteiger partial charge in [0.25, 0.3) is 0 Å². The monoisotopic (exact) mass is 351 g/mol. The molecule has 0 spiro atoms. The first kappa shape index (κ1) is 16.1. The number of hydrogen-bond donors (Lipinski definition) is 1. The Morgan fingerprint density at radius 1 is 1.19 bits per heavy atom. The Kier molecular flexibility index (Phi) is 4.04. The van der Waals surface area contributed by atoms with Gasteiger partial charge in [-0.05, 0) is 44.2 Å². The van der Waals surface area contributed by atoms with E-state index in [1.165, 1.54) is 0 Å². The van der Waals surface area contributed by atoms with Crippen LogP contribution in [0.3, 0.4) is 0 Å². The molecule has 2 aromatic heterocycles. The molecule has 0 unspecified atom stereocenters. The highest BCUT2D eigenvalue weighted by molar-refractivity contribution is 5.89. The van der Waals surface area contributed by atoms with Crippen molar-refractivity contribution in [2.75, 3.05) is 13.4 Å². The number of esters is 1. The second-order valence-electron chi connectivity index (χ2n) is 5.76. The van der Waals surface area contributed by atoms with E-state index in [-0.39, 0.29) is 19.2 Å². The summed E-state index contributed by atoms with van der Waals surface area (Å²) < 4.78 is 15.9. The van der Waals surface area contributed by atoms with Crippen LogP contribution in [0.15, 0.2) is 36.4 Å². The lowest BCUT2D eigenvalue weighted by molar-refractivity contribution is 0.0513. The molecule has 1 aromatic carbocycles. The van der Waals surface area contributed by atoms with Crippen LogP contribution in [0.2, 0.25) is 0 Å². The SMILES string of the molecule is CCOC(=O)c1nc(-c2ccc3c(c2)OCO3)c(-c2cccc(C)n2)[nH]1. The van der Waals surface area contributed by atoms with E-state index in [4.69, 9.17) is 14.2 Å². The first-order valence-corrected chi connectivity index (χ1v) is 8.27. The molecule has 0 bridgehead atoms. The van der Waals surface area contributed by atoms with Gasteiger partial charge in [0.2, 0.25) is 12.6 Å². The molecule has 0 fully saturated rings. The fourth-order valence-electron chi connectivity index (χ4n) is 2.79. The number of benzene rings is 1. The Morgan fingerprint density at radius 2 is 2.04 bits per heavy atom. The number of carbonyl (C=O) groups excluding carboxylic acids is 1. The smallest absolute Gasteiger partial charge is 0.374 e. The number of aromatic amines is 1. The van der Waals surface area contributed by atoms with Gasteiger partial charge in [0.15, 0.2) is 11.5 Å². The van der Waals surface area contributed by atoms with Crippen molar-refractivity contribution in [2.45, 2.75) is 13.8 Å². The number of imidazole rings is 1. The molecule has 1 aliphatic rings. The van der Waals surface area contributed by atoms with Crippen molar-refractivity contribution in [1.29, 1.82) is 0 Å². The second kappa shape index (κ2) is 6.51. The molecule has 0 saturated heterocycles. The van der Waals surface area contributed by atoms with Crippen LogP contribution in [0.4, 0.5) is 0 Å². The Hall–Kier alpha value is -3.35. The quantitative estimate of drug-likeness (QED) is 0.726. The fourth-order valence-corrected chi connectivity index (χ4v) is 2.79. The summed E-state index contributed by atoms with van der Waals surface area (Å²) in [7, 11) is 0. The molecule has 0 aliphatic carbocycles. The highest BCUT2D eigenvalue weighted by Gasteiger charge is 2.22. The third-order valence-corrected chi connectivity index (χ3v) is 3.96. The highest BCUT2D eigenvalue weighted by Crippen LogP contribution is 2.38. The molecule has 4 rings (SSSR count). The number of aryl methyl sites for hydroxylation is 1. The van der Waals surface area contributed by atoms with Gasteiger partial charge in [-0.3, -0.25) is 4.98 Å². The first-order chi connectivity index (χ1) is 12.7. The zero-order valence-electron chi connectivity index (χ0n) is 14.4. The molecule has 132 valence electrons. The minimum Gasteiger partial charge on any atom is -0.460 e. The van der Waals surface area contributed by atoms with Crippen molar-refractivity contribution in [2.24, 2.45) is 0 Å². The number of hydrogen-bond acceptors (Lipinski definition) is 6. The average molecular weight is 351 g/mol. The van der Waals surface area contributed by atoms with E-state index >= 15 is 0 Å². The molecule has 7 heteroatoms. The lowest BCUT2D eigenvalue weighted by atomic mass is 10.1. The molecular weight excluding hydrogens is 334 g/mol. The molecule has 3 heterocycles. The van der Waals surface area contributed by atoms with Gasteiger partial charge >= 0.3 is 5.97 Å². The van der Waals surface area contributed by atoms with Crippen molar-refractivity contribution in [3.8, 4) is 34.1 Å². The first-order valence-electron chi connectivity index (χ1n) is 8.27. The number of ether oxygens (including phenoxy) is 3. The molecular formula is C19H17N3O4. The fraction of sp³-hybridized carbons (Fsp3) is 0.211. The molecule has 26 heavy (non-hydrogen) atoms. The molecule has 1 aliphatic heterocycles. The highest BCUT2D eigenvalue weighted by atomic mass is 16.7. The van der Waals surface area contributed by atoms with Crippen molar-refractivity contribution in [3.05, 3.63) is 47.9 Å². The van der Waals surface area contributed by atoms with Gasteiger partial charge in [0.05, 0.1) is 23.7 Å². The summed E-state index contributed by atoms with van der Waals surface area (Å²) in [6, 6.07) is 11.2. The van der Waals surface area contributed by atoms with E-state index in [9.17, 15) is 4.79 Å². The number of nitrogens with zero attached hydrogens (tertiary/aromatic N) is 2. The van der Waals surface area contributed by atoms with E-state index in [1.807, 2.05) is 43.3 Å². The minimum absolute atomic E-state index is 0.137. The minimum atomic E-state index is -0.506. The number of fused-ring (bicyclic) bond motifs is 1. The van der Waals surface area contributed by atoms with Crippen molar-refractivity contribution >= 4 is 5.97 Å². The van der Waals surface area contributed by atoms with Gasteiger partial charge in [0, 0.05) is 11.3 Å². The van der Waals surface area contributed by atoms with Gasteiger partial charge in [-0.2, -0.15) is 0 Å². The molecule has 0 radical (unpaired) electrons. The van der Waals surface area contributed by atoms with Gasteiger partial charge in [-0.15, -0.1) is 0 Å². The van der Waals surface area contributed by atoms with E-state index in [0.29, 0.717) is 28.6 Å². The molecule has 7 nitrogen and oxygen atoms in total. The van der Waals surface area contributed by atoms with Crippen molar-refractivity contribution < 1.29 is 19.0 Å². The zero-order chi connectivity index (χ0) is 18.1. The summed E-state index contributed by atoms with van der Waals surface area (Å²) in [6.07, 6.45) is 0. The summed E-state index contributed by atoms with van der Waals surface area (Å²) in [4.78, 5) is 24.2. The topological polar surface area (TPSA) is 86.3 Å². The van der Waals surface area contributed by atoms with Crippen LogP contribution in [-0.4, -0.2) is 34.3 Å². The number of rotatable bonds is 4. The number of carbonyl (C=O) groups is 1. The predicted molar refractivity (Wildman–Crippen MR) is 94.1 cm³/mol. The Morgan fingerprint density at radius 3 is 2.85 bits per heavy atom. The van der Waals surface area contributed by atoms with Crippen LogP contribution in [0.25, 0.3) is 22.6 Å². The van der Waals surface area contributed by atoms with Crippen LogP contribution in [0.1, 0.15) is 23.2 Å². The van der Waals surface area contributed by atoms with Gasteiger partial charge in [-0.1, -0.05) is 6.07 Å². The van der Waals surface area contributed by atoms with Crippen LogP contribution >= 0.6 is 0 Å². The van der Waals surface area contributed by atoms with E-state index in [0.717, 1.165) is 11.3 Å². The Labute approximate surface area is 150 Å². The maximum Gasteiger partial charge on any atom is 0.374 e. The number of H-pyrrole nitrogens is 1. The van der Waals surface area contributed by atoms with Crippen molar-refractivity contribution in [1.82, 2.24) is 15.0 Å². The second-order valence-corrected chi connectivity index (χ2v) is 5.76. The summed E-state index contributed by atoms with van der Waals surface area (Å²) in [6.45, 7) is 4.13. The van der Waals surface area contributed by atoms with Crippen LogP contribution in [0, 0.1) is 6.92 Å². The summed E-state index contributed by atoms with van der Waals surface area (Å²) >= 11 is 0. The zero-order valence-corrected chi connectivity index (χ0v) is 14.4. The third-order valence-electron chi connectivity index (χ3n) is 3.96. The van der Waals surface area contributed by atoms with E-state index in [1.54, 1.807) is 6.92 Å². The number of pyridine rings is 1. The largest absolute Gasteiger partial charge is 0.460 e. The summed E-state index contributed by atoms with van der Waals surface area (Å²) in [5.74, 6) is 0.961. The third kappa shape index (κ3) is 2.88. The molecule has 0 atom stereocenters. The van der Waals surface area contributed by atoms with Crippen LogP contribution in [-0.2, 0) is 4.74 Å². The number of aromatic nitrogens is 3. The van der Waals surface area contributed by atoms with E-state index < -0.39 is 5.97 Å². The normalized spacial score (nSPS) is 12.2. The van der Waals surface area contributed by atoms with Crippen LogP contribution in [0.5, 0.6) is 11.5 Å². The van der Waals surface area contributed by atoms with Crippen molar-refractivity contribution in [3.63, 3.8) is 0 Å². The maximum absolute atomic E-state index is 12.1. The molecule has 1 N–H and O–H groups in total. The maximum atomic E-state index is 12.1. The average Bonchev–Trinajstić information content (AvgIpc) is 3.28. The van der Waals surface area contributed by atoms with Gasteiger partial charge in [-0.25, -0.2) is 9.78 Å².